The minimum absolute atomic E-state index is 0.115. The van der Waals surface area contributed by atoms with Crippen molar-refractivity contribution in [3.8, 4) is 17.1 Å². The minimum Gasteiger partial charge on any atom is -0.497 e. The van der Waals surface area contributed by atoms with Gasteiger partial charge in [0.25, 0.3) is 0 Å². The van der Waals surface area contributed by atoms with Crippen molar-refractivity contribution in [1.82, 2.24) is 20.4 Å². The number of benzene rings is 2. The van der Waals surface area contributed by atoms with Crippen LogP contribution in [0.15, 0.2) is 59.1 Å². The van der Waals surface area contributed by atoms with Crippen molar-refractivity contribution in [3.63, 3.8) is 0 Å². The Balaban J connectivity index is 1.44. The number of aromatic nitrogens is 2. The fourth-order valence-corrected chi connectivity index (χ4v) is 3.37. The summed E-state index contributed by atoms with van der Waals surface area (Å²) in [5.74, 6) is 1.75. The fraction of sp³-hybridized carbons (Fsp3) is 0.286. The van der Waals surface area contributed by atoms with Crippen LogP contribution in [0.1, 0.15) is 30.3 Å². The smallest absolute Gasteiger partial charge is 0.318 e. The number of carbonyl (C=O) groups is 1. The molecule has 2 amide bonds. The average Bonchev–Trinajstić information content (AvgIpc) is 3.42. The summed E-state index contributed by atoms with van der Waals surface area (Å²) in [7, 11) is 1.62. The summed E-state index contributed by atoms with van der Waals surface area (Å²) in [6.45, 7) is 1.16. The Labute approximate surface area is 163 Å². The molecule has 3 aromatic rings. The van der Waals surface area contributed by atoms with E-state index in [1.54, 1.807) is 12.0 Å². The van der Waals surface area contributed by atoms with Crippen molar-refractivity contribution in [3.05, 3.63) is 66.1 Å². The third kappa shape index (κ3) is 3.83. The van der Waals surface area contributed by atoms with E-state index in [-0.39, 0.29) is 12.1 Å². The second-order valence-corrected chi connectivity index (χ2v) is 6.68. The number of methoxy groups -OCH3 is 1. The molecule has 2 heterocycles. The third-order valence-corrected chi connectivity index (χ3v) is 4.88. The van der Waals surface area contributed by atoms with Crippen LogP contribution < -0.4 is 10.1 Å². The molecule has 0 bridgehead atoms. The highest BCUT2D eigenvalue weighted by molar-refractivity contribution is 5.75. The van der Waals surface area contributed by atoms with E-state index in [1.807, 2.05) is 54.6 Å². The van der Waals surface area contributed by atoms with Crippen LogP contribution in [0.4, 0.5) is 4.79 Å². The number of rotatable bonds is 5. The van der Waals surface area contributed by atoms with E-state index in [9.17, 15) is 4.79 Å². The molecule has 0 spiro atoms. The number of urea groups is 1. The van der Waals surface area contributed by atoms with Crippen LogP contribution in [0.25, 0.3) is 11.4 Å². The summed E-state index contributed by atoms with van der Waals surface area (Å²) in [6.07, 6.45) is 1.71. The van der Waals surface area contributed by atoms with Gasteiger partial charge in [0, 0.05) is 18.7 Å². The highest BCUT2D eigenvalue weighted by Crippen LogP contribution is 2.32. The van der Waals surface area contributed by atoms with Crippen molar-refractivity contribution in [2.24, 2.45) is 0 Å². The SMILES string of the molecule is COc1ccc(-c2noc([C@H]3CCCN3C(=O)NCc3ccccc3)n2)cc1. The maximum absolute atomic E-state index is 12.7. The molecule has 2 aromatic carbocycles. The van der Waals surface area contributed by atoms with E-state index < -0.39 is 0 Å². The first-order valence-electron chi connectivity index (χ1n) is 9.31. The van der Waals surface area contributed by atoms with Gasteiger partial charge < -0.3 is 19.5 Å². The Morgan fingerprint density at radius 1 is 1.21 bits per heavy atom. The molecule has 1 atom stereocenters. The standard InChI is InChI=1S/C21H22N4O3/c1-27-17-11-9-16(10-12-17)19-23-20(28-24-19)18-8-5-13-25(18)21(26)22-14-15-6-3-2-4-7-15/h2-4,6-7,9-12,18H,5,8,13-14H2,1H3,(H,22,26)/t18-/m1/s1. The Morgan fingerprint density at radius 3 is 2.75 bits per heavy atom. The summed E-state index contributed by atoms with van der Waals surface area (Å²) in [5.41, 5.74) is 1.90. The van der Waals surface area contributed by atoms with Crippen LogP contribution in [-0.2, 0) is 6.54 Å². The first-order valence-corrected chi connectivity index (χ1v) is 9.31. The van der Waals surface area contributed by atoms with Gasteiger partial charge in [-0.2, -0.15) is 4.98 Å². The summed E-state index contributed by atoms with van der Waals surface area (Å²) in [5, 5.41) is 7.06. The molecule has 1 fully saturated rings. The zero-order valence-corrected chi connectivity index (χ0v) is 15.7. The van der Waals surface area contributed by atoms with Gasteiger partial charge in [-0.05, 0) is 42.7 Å². The number of nitrogens with zero attached hydrogens (tertiary/aromatic N) is 3. The van der Waals surface area contributed by atoms with Crippen molar-refractivity contribution in [2.75, 3.05) is 13.7 Å². The summed E-state index contributed by atoms with van der Waals surface area (Å²) < 4.78 is 10.7. The van der Waals surface area contributed by atoms with E-state index in [4.69, 9.17) is 9.26 Å². The van der Waals surface area contributed by atoms with Gasteiger partial charge in [-0.1, -0.05) is 35.5 Å². The van der Waals surface area contributed by atoms with Crippen LogP contribution in [0.5, 0.6) is 5.75 Å². The van der Waals surface area contributed by atoms with Crippen LogP contribution in [0, 0.1) is 0 Å². The first kappa shape index (κ1) is 18.0. The number of amides is 2. The zero-order valence-electron chi connectivity index (χ0n) is 15.7. The highest BCUT2D eigenvalue weighted by atomic mass is 16.5. The molecule has 0 saturated carbocycles. The lowest BCUT2D eigenvalue weighted by Gasteiger charge is -2.22. The van der Waals surface area contributed by atoms with Gasteiger partial charge in [-0.25, -0.2) is 4.79 Å². The Kier molecular flexibility index (Phi) is 5.23. The second-order valence-electron chi connectivity index (χ2n) is 6.68. The summed E-state index contributed by atoms with van der Waals surface area (Å²) in [6, 6.07) is 17.0. The Morgan fingerprint density at radius 2 is 2.00 bits per heavy atom. The highest BCUT2D eigenvalue weighted by Gasteiger charge is 2.34. The topological polar surface area (TPSA) is 80.5 Å². The molecule has 1 aromatic heterocycles. The molecule has 144 valence electrons. The lowest BCUT2D eigenvalue weighted by Crippen LogP contribution is -2.39. The van der Waals surface area contributed by atoms with Crippen LogP contribution in [-0.4, -0.2) is 34.7 Å². The molecule has 1 aliphatic heterocycles. The molecule has 4 rings (SSSR count). The Hall–Kier alpha value is -3.35. The van der Waals surface area contributed by atoms with Crippen molar-refractivity contribution < 1.29 is 14.1 Å². The van der Waals surface area contributed by atoms with E-state index >= 15 is 0 Å². The maximum Gasteiger partial charge on any atom is 0.318 e. The van der Waals surface area contributed by atoms with Crippen molar-refractivity contribution in [2.45, 2.75) is 25.4 Å². The van der Waals surface area contributed by atoms with E-state index in [0.717, 1.165) is 29.7 Å². The average molecular weight is 378 g/mol. The maximum atomic E-state index is 12.7. The first-order chi connectivity index (χ1) is 13.7. The minimum atomic E-state index is -0.199. The van der Waals surface area contributed by atoms with Gasteiger partial charge in [-0.15, -0.1) is 0 Å². The van der Waals surface area contributed by atoms with E-state index in [2.05, 4.69) is 15.5 Å². The molecule has 0 radical (unpaired) electrons. The van der Waals surface area contributed by atoms with Gasteiger partial charge in [0.1, 0.15) is 11.8 Å². The van der Waals surface area contributed by atoms with Gasteiger partial charge in [0.2, 0.25) is 11.7 Å². The quantitative estimate of drug-likeness (QED) is 0.731. The predicted molar refractivity (Wildman–Crippen MR) is 104 cm³/mol. The molecule has 1 aliphatic rings. The summed E-state index contributed by atoms with van der Waals surface area (Å²) in [4.78, 5) is 19.0. The van der Waals surface area contributed by atoms with E-state index in [1.165, 1.54) is 0 Å². The molecule has 0 aliphatic carbocycles. The van der Waals surface area contributed by atoms with Crippen LogP contribution in [0.2, 0.25) is 0 Å². The van der Waals surface area contributed by atoms with Crippen molar-refractivity contribution >= 4 is 6.03 Å². The van der Waals surface area contributed by atoms with Gasteiger partial charge in [0.05, 0.1) is 7.11 Å². The fourth-order valence-electron chi connectivity index (χ4n) is 3.37. The van der Waals surface area contributed by atoms with Crippen LogP contribution >= 0.6 is 0 Å². The molecule has 28 heavy (non-hydrogen) atoms. The number of hydrogen-bond acceptors (Lipinski definition) is 5. The molecular formula is C21H22N4O3. The monoisotopic (exact) mass is 378 g/mol. The molecule has 1 saturated heterocycles. The molecule has 7 heteroatoms. The predicted octanol–water partition coefficient (Wildman–Crippen LogP) is 3.79. The van der Waals surface area contributed by atoms with Gasteiger partial charge in [-0.3, -0.25) is 0 Å². The largest absolute Gasteiger partial charge is 0.497 e. The number of nitrogens with one attached hydrogen (secondary N) is 1. The number of carbonyl (C=O) groups excluding carboxylic acids is 1. The number of ether oxygens (including phenoxy) is 1. The lowest BCUT2D eigenvalue weighted by atomic mass is 10.2. The van der Waals surface area contributed by atoms with Crippen LogP contribution in [0.3, 0.4) is 0 Å². The van der Waals surface area contributed by atoms with E-state index in [0.29, 0.717) is 24.8 Å². The summed E-state index contributed by atoms with van der Waals surface area (Å²) >= 11 is 0. The van der Waals surface area contributed by atoms with Gasteiger partial charge in [0.15, 0.2) is 0 Å². The number of hydrogen-bond donors (Lipinski definition) is 1. The number of likely N-dealkylation sites (tertiary alicyclic amines) is 1. The van der Waals surface area contributed by atoms with Gasteiger partial charge >= 0.3 is 6.03 Å². The zero-order chi connectivity index (χ0) is 19.3. The molecule has 0 unspecified atom stereocenters. The Bertz CT molecular complexity index is 924. The third-order valence-electron chi connectivity index (χ3n) is 4.88. The molecule has 1 N–H and O–H groups in total. The van der Waals surface area contributed by atoms with Crippen molar-refractivity contribution in [1.29, 1.82) is 0 Å². The normalized spacial score (nSPS) is 16.2. The molecule has 7 nitrogen and oxygen atoms in total. The lowest BCUT2D eigenvalue weighted by molar-refractivity contribution is 0.180. The molecular weight excluding hydrogens is 356 g/mol. The second kappa shape index (κ2) is 8.12.